The molecule has 0 unspecified atom stereocenters. The van der Waals surface area contributed by atoms with E-state index in [0.717, 1.165) is 21.5 Å². The average Bonchev–Trinajstić information content (AvgIpc) is 2.86. The van der Waals surface area contributed by atoms with E-state index >= 15 is 0 Å². The standard InChI is InChI=1S/C18H8O5/c19-17-3-1-9-5-11-12-6-10-2-4-18(20)23-14(10)8-16(12)21-15(11)7-13(9)22-17/h1-8H. The molecule has 0 spiro atoms. The number of benzene rings is 2. The minimum Gasteiger partial charge on any atom is -0.456 e. The van der Waals surface area contributed by atoms with Crippen LogP contribution in [0.4, 0.5) is 0 Å². The molecular weight excluding hydrogens is 296 g/mol. The molecule has 2 aromatic carbocycles. The van der Waals surface area contributed by atoms with Crippen LogP contribution in [0.15, 0.2) is 71.4 Å². The fourth-order valence-electron chi connectivity index (χ4n) is 2.90. The third-order valence-electron chi connectivity index (χ3n) is 3.95. The summed E-state index contributed by atoms with van der Waals surface area (Å²) in [5, 5.41) is 3.46. The predicted octanol–water partition coefficient (Wildman–Crippen LogP) is 3.80. The number of fused-ring (bicyclic) bond motifs is 5. The highest BCUT2D eigenvalue weighted by Gasteiger charge is 2.11. The van der Waals surface area contributed by atoms with Crippen LogP contribution in [0.5, 0.6) is 0 Å². The number of furan rings is 1. The van der Waals surface area contributed by atoms with Crippen LogP contribution in [-0.4, -0.2) is 0 Å². The molecule has 5 rings (SSSR count). The third kappa shape index (κ3) is 1.73. The predicted molar refractivity (Wildman–Crippen MR) is 85.8 cm³/mol. The molecule has 0 saturated heterocycles. The van der Waals surface area contributed by atoms with E-state index in [0.29, 0.717) is 22.3 Å². The second-order valence-electron chi connectivity index (χ2n) is 5.38. The molecule has 0 saturated carbocycles. The molecule has 5 aromatic rings. The van der Waals surface area contributed by atoms with Gasteiger partial charge < -0.3 is 13.3 Å². The van der Waals surface area contributed by atoms with Gasteiger partial charge in [0, 0.05) is 45.8 Å². The Hall–Kier alpha value is -3.34. The Morgan fingerprint density at radius 3 is 1.48 bits per heavy atom. The topological polar surface area (TPSA) is 73.6 Å². The molecule has 23 heavy (non-hydrogen) atoms. The van der Waals surface area contributed by atoms with E-state index in [9.17, 15) is 9.59 Å². The van der Waals surface area contributed by atoms with Gasteiger partial charge in [0.15, 0.2) is 0 Å². The van der Waals surface area contributed by atoms with Gasteiger partial charge in [-0.2, -0.15) is 0 Å². The van der Waals surface area contributed by atoms with Crippen molar-refractivity contribution < 1.29 is 13.3 Å². The summed E-state index contributed by atoms with van der Waals surface area (Å²) < 4.78 is 16.2. The van der Waals surface area contributed by atoms with Crippen molar-refractivity contribution in [2.24, 2.45) is 0 Å². The molecule has 0 aliphatic rings. The van der Waals surface area contributed by atoms with E-state index in [2.05, 4.69) is 0 Å². The van der Waals surface area contributed by atoms with Crippen LogP contribution < -0.4 is 11.3 Å². The summed E-state index contributed by atoms with van der Waals surface area (Å²) in [7, 11) is 0. The minimum atomic E-state index is -0.402. The molecule has 0 aliphatic carbocycles. The molecule has 5 heteroatoms. The molecule has 0 aliphatic heterocycles. The van der Waals surface area contributed by atoms with E-state index in [1.165, 1.54) is 12.1 Å². The Kier molecular flexibility index (Phi) is 2.18. The summed E-state index contributed by atoms with van der Waals surface area (Å²) in [6.45, 7) is 0. The Morgan fingerprint density at radius 2 is 1.00 bits per heavy atom. The lowest BCUT2D eigenvalue weighted by Crippen LogP contribution is -1.94. The van der Waals surface area contributed by atoms with Crippen LogP contribution in [0, 0.1) is 0 Å². The van der Waals surface area contributed by atoms with Crippen LogP contribution in [0.25, 0.3) is 43.9 Å². The molecule has 110 valence electrons. The number of rotatable bonds is 0. The van der Waals surface area contributed by atoms with Gasteiger partial charge in [-0.15, -0.1) is 0 Å². The molecule has 0 radical (unpaired) electrons. The maximum atomic E-state index is 11.3. The first-order valence-electron chi connectivity index (χ1n) is 7.01. The first kappa shape index (κ1) is 12.2. The van der Waals surface area contributed by atoms with E-state index < -0.39 is 11.3 Å². The highest BCUT2D eigenvalue weighted by Crippen LogP contribution is 2.34. The zero-order valence-corrected chi connectivity index (χ0v) is 11.7. The highest BCUT2D eigenvalue weighted by molar-refractivity contribution is 6.12. The normalized spacial score (nSPS) is 11.8. The molecule has 0 amide bonds. The maximum absolute atomic E-state index is 11.3. The highest BCUT2D eigenvalue weighted by atomic mass is 16.4. The Labute approximate surface area is 127 Å². The molecule has 3 heterocycles. The lowest BCUT2D eigenvalue weighted by atomic mass is 10.1. The van der Waals surface area contributed by atoms with Crippen molar-refractivity contribution in [2.75, 3.05) is 0 Å². The van der Waals surface area contributed by atoms with Crippen LogP contribution in [0.1, 0.15) is 0 Å². The van der Waals surface area contributed by atoms with Gasteiger partial charge in [-0.3, -0.25) is 0 Å². The van der Waals surface area contributed by atoms with E-state index in [-0.39, 0.29) is 0 Å². The van der Waals surface area contributed by atoms with Crippen LogP contribution in [0.2, 0.25) is 0 Å². The second kappa shape index (κ2) is 4.10. The van der Waals surface area contributed by atoms with Gasteiger partial charge >= 0.3 is 11.3 Å². The minimum absolute atomic E-state index is 0.402. The molecule has 0 atom stereocenters. The monoisotopic (exact) mass is 304 g/mol. The Balaban J connectivity index is 1.98. The fourth-order valence-corrected chi connectivity index (χ4v) is 2.90. The van der Waals surface area contributed by atoms with Gasteiger partial charge in [-0.05, 0) is 24.3 Å². The first-order chi connectivity index (χ1) is 11.2. The zero-order chi connectivity index (χ0) is 15.6. The molecule has 0 fully saturated rings. The van der Waals surface area contributed by atoms with Crippen molar-refractivity contribution in [2.45, 2.75) is 0 Å². The van der Waals surface area contributed by atoms with E-state index in [4.69, 9.17) is 13.3 Å². The van der Waals surface area contributed by atoms with Gasteiger partial charge in [0.1, 0.15) is 22.3 Å². The Bertz CT molecular complexity index is 1250. The smallest absolute Gasteiger partial charge is 0.336 e. The van der Waals surface area contributed by atoms with Crippen molar-refractivity contribution >= 4 is 43.9 Å². The van der Waals surface area contributed by atoms with Gasteiger partial charge in [-0.25, -0.2) is 9.59 Å². The summed E-state index contributed by atoms with van der Waals surface area (Å²) in [6.07, 6.45) is 0. The fraction of sp³-hybridized carbons (Fsp3) is 0. The molecule has 3 aromatic heterocycles. The van der Waals surface area contributed by atoms with Crippen molar-refractivity contribution in [3.8, 4) is 0 Å². The van der Waals surface area contributed by atoms with Crippen molar-refractivity contribution in [1.29, 1.82) is 0 Å². The summed E-state index contributed by atoms with van der Waals surface area (Å²) in [4.78, 5) is 22.7. The van der Waals surface area contributed by atoms with E-state index in [1.807, 2.05) is 12.1 Å². The van der Waals surface area contributed by atoms with Gasteiger partial charge in [0.2, 0.25) is 0 Å². The second-order valence-corrected chi connectivity index (χ2v) is 5.38. The zero-order valence-electron chi connectivity index (χ0n) is 11.7. The third-order valence-corrected chi connectivity index (χ3v) is 3.95. The SMILES string of the molecule is O=c1ccc2cc3c(cc2o1)oc1cc2oc(=O)ccc2cc13. The summed E-state index contributed by atoms with van der Waals surface area (Å²) >= 11 is 0. The van der Waals surface area contributed by atoms with Crippen molar-refractivity contribution in [1.82, 2.24) is 0 Å². The number of hydrogen-bond donors (Lipinski definition) is 0. The van der Waals surface area contributed by atoms with Crippen LogP contribution >= 0.6 is 0 Å². The lowest BCUT2D eigenvalue weighted by Gasteiger charge is -1.96. The van der Waals surface area contributed by atoms with Crippen molar-refractivity contribution in [3.05, 3.63) is 69.4 Å². The first-order valence-corrected chi connectivity index (χ1v) is 7.01. The molecular formula is C18H8O5. The van der Waals surface area contributed by atoms with Crippen LogP contribution in [-0.2, 0) is 0 Å². The van der Waals surface area contributed by atoms with Crippen LogP contribution in [0.3, 0.4) is 0 Å². The summed E-state index contributed by atoms with van der Waals surface area (Å²) in [5.74, 6) is 0. The quantitative estimate of drug-likeness (QED) is 0.407. The van der Waals surface area contributed by atoms with Gasteiger partial charge in [0.25, 0.3) is 0 Å². The largest absolute Gasteiger partial charge is 0.456 e. The summed E-state index contributed by atoms with van der Waals surface area (Å²) in [6, 6.07) is 13.5. The molecule has 5 nitrogen and oxygen atoms in total. The summed E-state index contributed by atoms with van der Waals surface area (Å²) in [5.41, 5.74) is 1.36. The maximum Gasteiger partial charge on any atom is 0.336 e. The average molecular weight is 304 g/mol. The van der Waals surface area contributed by atoms with Gasteiger partial charge in [-0.1, -0.05) is 0 Å². The molecule has 0 bridgehead atoms. The lowest BCUT2D eigenvalue weighted by molar-refractivity contribution is 0.559. The number of hydrogen-bond acceptors (Lipinski definition) is 5. The van der Waals surface area contributed by atoms with Crippen molar-refractivity contribution in [3.63, 3.8) is 0 Å². The van der Waals surface area contributed by atoms with Gasteiger partial charge in [0.05, 0.1) is 0 Å². The Morgan fingerprint density at radius 1 is 0.522 bits per heavy atom. The molecule has 0 N–H and O–H groups in total. The van der Waals surface area contributed by atoms with E-state index in [1.54, 1.807) is 24.3 Å².